The number of hydrogen-bond donors (Lipinski definition) is 3. The Balaban J connectivity index is 0.000000167. The molecule has 7 nitrogen and oxygen atoms in total. The van der Waals surface area contributed by atoms with Crippen LogP contribution in [0.15, 0.2) is 24.3 Å². The highest BCUT2D eigenvalue weighted by molar-refractivity contribution is 7.20. The number of nitrogens with two attached hydrogens (primary N) is 1. The normalized spacial score (nSPS) is 26.1. The van der Waals surface area contributed by atoms with Crippen molar-refractivity contribution in [1.82, 2.24) is 4.90 Å². The van der Waals surface area contributed by atoms with Crippen molar-refractivity contribution >= 4 is 45.8 Å². The van der Waals surface area contributed by atoms with Gasteiger partial charge in [0, 0.05) is 28.4 Å². The van der Waals surface area contributed by atoms with Crippen molar-refractivity contribution in [1.29, 1.82) is 0 Å². The number of aldehydes is 1. The lowest BCUT2D eigenvalue weighted by Crippen LogP contribution is -2.34. The molecular formula is C31H46FN3O4S. The van der Waals surface area contributed by atoms with Gasteiger partial charge in [-0.3, -0.25) is 4.79 Å². The first-order valence-electron chi connectivity index (χ1n) is 14.7. The lowest BCUT2D eigenvalue weighted by Gasteiger charge is -2.31. The van der Waals surface area contributed by atoms with Crippen LogP contribution in [0, 0.1) is 23.7 Å². The summed E-state index contributed by atoms with van der Waals surface area (Å²) in [4.78, 5) is 34.2. The highest BCUT2D eigenvalue weighted by Crippen LogP contribution is 2.38. The molecule has 2 heterocycles. The third-order valence-corrected chi connectivity index (χ3v) is 10.2. The van der Waals surface area contributed by atoms with E-state index in [9.17, 15) is 18.8 Å². The summed E-state index contributed by atoms with van der Waals surface area (Å²) < 4.78 is 13.0. The number of carbonyl (C=O) groups excluding carboxylic acids is 2. The lowest BCUT2D eigenvalue weighted by atomic mass is 9.77. The first kappa shape index (κ1) is 32.2. The van der Waals surface area contributed by atoms with Gasteiger partial charge in [-0.05, 0) is 100 Å². The van der Waals surface area contributed by atoms with E-state index in [1.807, 2.05) is 0 Å². The molecule has 2 saturated carbocycles. The molecule has 1 amide bonds. The van der Waals surface area contributed by atoms with Crippen LogP contribution in [0.25, 0.3) is 10.1 Å². The number of fused-ring (bicyclic) bond motifs is 1. The van der Waals surface area contributed by atoms with Crippen LogP contribution in [0.1, 0.15) is 80.8 Å². The third kappa shape index (κ3) is 9.08. The number of halogens is 1. The molecule has 1 aromatic heterocycles. The van der Waals surface area contributed by atoms with Crippen molar-refractivity contribution < 1.29 is 23.9 Å². The van der Waals surface area contributed by atoms with Crippen LogP contribution in [0.5, 0.6) is 0 Å². The number of hydrogen-bond acceptors (Lipinski definition) is 6. The van der Waals surface area contributed by atoms with Gasteiger partial charge in [0.05, 0.1) is 0 Å². The van der Waals surface area contributed by atoms with Crippen LogP contribution in [-0.4, -0.2) is 61.0 Å². The van der Waals surface area contributed by atoms with E-state index in [4.69, 9.17) is 10.8 Å². The number of likely N-dealkylation sites (tertiary alicyclic amines) is 1. The molecule has 4 N–H and O–H groups in total. The Morgan fingerprint density at radius 1 is 1.12 bits per heavy atom. The maximum atomic E-state index is 12.2. The molecule has 2 aromatic rings. The largest absolute Gasteiger partial charge is 0.477 e. The molecule has 0 spiro atoms. The molecule has 3 aliphatic rings. The summed E-state index contributed by atoms with van der Waals surface area (Å²) in [5.41, 5.74) is 6.23. The fourth-order valence-corrected chi connectivity index (χ4v) is 7.34. The van der Waals surface area contributed by atoms with Gasteiger partial charge < -0.3 is 25.9 Å². The summed E-state index contributed by atoms with van der Waals surface area (Å²) in [5.74, 6) is 1.65. The minimum absolute atomic E-state index is 0.202. The SMILES string of the molecule is CC1C(C2CCCCC2)CCN1C.NC(CF)C1CCC(C=O)CC1.O=CNc1ccc2sc(C(=O)O)cc2c1. The van der Waals surface area contributed by atoms with Gasteiger partial charge in [-0.2, -0.15) is 0 Å². The number of amides is 1. The van der Waals surface area contributed by atoms with Crippen LogP contribution >= 0.6 is 11.3 Å². The maximum Gasteiger partial charge on any atom is 0.345 e. The van der Waals surface area contributed by atoms with Gasteiger partial charge in [0.2, 0.25) is 6.41 Å². The van der Waals surface area contributed by atoms with E-state index >= 15 is 0 Å². The average Bonchev–Trinajstić information content (AvgIpc) is 3.56. The summed E-state index contributed by atoms with van der Waals surface area (Å²) in [5, 5.41) is 12.1. The number of aromatic carboxylic acids is 1. The zero-order valence-corrected chi connectivity index (χ0v) is 24.7. The highest BCUT2D eigenvalue weighted by atomic mass is 32.1. The number of alkyl halides is 1. The predicted molar refractivity (Wildman–Crippen MR) is 161 cm³/mol. The molecule has 9 heteroatoms. The van der Waals surface area contributed by atoms with Gasteiger partial charge in [0.15, 0.2) is 0 Å². The van der Waals surface area contributed by atoms with Crippen molar-refractivity contribution in [3.05, 3.63) is 29.1 Å². The zero-order chi connectivity index (χ0) is 29.1. The Hall–Kier alpha value is -2.36. The Morgan fingerprint density at radius 2 is 1.82 bits per heavy atom. The lowest BCUT2D eigenvalue weighted by molar-refractivity contribution is -0.112. The number of carbonyl (C=O) groups is 3. The Bertz CT molecular complexity index is 1080. The Labute approximate surface area is 241 Å². The number of thiophene rings is 1. The summed E-state index contributed by atoms with van der Waals surface area (Å²) in [6, 6.07) is 7.41. The second-order valence-electron chi connectivity index (χ2n) is 11.6. The van der Waals surface area contributed by atoms with Crippen LogP contribution in [0.4, 0.5) is 10.1 Å². The number of nitrogens with one attached hydrogen (secondary N) is 1. The zero-order valence-electron chi connectivity index (χ0n) is 23.9. The standard InChI is InChI=1S/C12H23N.C10H7NO3S.C9H16FNO/c1-10-12(8-9-13(10)2)11-6-4-3-5-7-11;12-5-11-7-1-2-8-6(3-7)4-9(15-8)10(13)14;10-5-9(11)8-3-1-7(6-12)2-4-8/h10-12H,3-9H2,1-2H3;1-5H,(H,11,12)(H,13,14);6-9H,1-5,11H2. The van der Waals surface area contributed by atoms with Crippen molar-refractivity contribution in [2.75, 3.05) is 25.6 Å². The monoisotopic (exact) mass is 575 g/mol. The summed E-state index contributed by atoms with van der Waals surface area (Å²) in [7, 11) is 2.29. The number of nitrogens with zero attached hydrogens (tertiary/aromatic N) is 1. The van der Waals surface area contributed by atoms with E-state index in [1.165, 1.54) is 56.4 Å². The molecule has 3 atom stereocenters. The van der Waals surface area contributed by atoms with Crippen LogP contribution in [0.3, 0.4) is 0 Å². The summed E-state index contributed by atoms with van der Waals surface area (Å²) >= 11 is 1.22. The molecule has 40 heavy (non-hydrogen) atoms. The number of benzene rings is 1. The Morgan fingerprint density at radius 3 is 2.38 bits per heavy atom. The highest BCUT2D eigenvalue weighted by Gasteiger charge is 2.34. The van der Waals surface area contributed by atoms with Crippen molar-refractivity contribution in [2.24, 2.45) is 29.4 Å². The van der Waals surface area contributed by atoms with Gasteiger partial charge in [0.1, 0.15) is 17.8 Å². The molecule has 2 aliphatic carbocycles. The second kappa shape index (κ2) is 16.2. The number of carboxylic acids is 1. The van der Waals surface area contributed by atoms with E-state index in [1.54, 1.807) is 24.3 Å². The van der Waals surface area contributed by atoms with Crippen molar-refractivity contribution in [2.45, 2.75) is 83.2 Å². The van der Waals surface area contributed by atoms with Gasteiger partial charge in [-0.25, -0.2) is 9.18 Å². The minimum Gasteiger partial charge on any atom is -0.477 e. The fourth-order valence-electron chi connectivity index (χ4n) is 6.46. The smallest absolute Gasteiger partial charge is 0.345 e. The van der Waals surface area contributed by atoms with Crippen molar-refractivity contribution in [3.8, 4) is 0 Å². The van der Waals surface area contributed by atoms with Gasteiger partial charge in [-0.1, -0.05) is 32.1 Å². The third-order valence-electron chi connectivity index (χ3n) is 9.13. The fraction of sp³-hybridized carbons (Fsp3) is 0.645. The molecule has 1 aromatic carbocycles. The molecule has 5 rings (SSSR count). The van der Waals surface area contributed by atoms with Gasteiger partial charge in [0.25, 0.3) is 0 Å². The van der Waals surface area contributed by atoms with Crippen LogP contribution in [-0.2, 0) is 9.59 Å². The first-order valence-corrected chi connectivity index (χ1v) is 15.5. The first-order chi connectivity index (χ1) is 19.3. The predicted octanol–water partition coefficient (Wildman–Crippen LogP) is 6.36. The molecule has 1 saturated heterocycles. The van der Waals surface area contributed by atoms with E-state index in [0.717, 1.165) is 59.9 Å². The number of carboxylic acid groups (broad SMARTS) is 1. The van der Waals surface area contributed by atoms with E-state index in [0.29, 0.717) is 22.9 Å². The summed E-state index contributed by atoms with van der Waals surface area (Å²) in [6.45, 7) is 3.32. The van der Waals surface area contributed by atoms with Gasteiger partial charge >= 0.3 is 5.97 Å². The molecule has 3 unspecified atom stereocenters. The molecule has 222 valence electrons. The molecule has 1 aliphatic heterocycles. The van der Waals surface area contributed by atoms with Crippen molar-refractivity contribution in [3.63, 3.8) is 0 Å². The maximum absolute atomic E-state index is 12.2. The van der Waals surface area contributed by atoms with Crippen LogP contribution in [0.2, 0.25) is 0 Å². The molecule has 0 bridgehead atoms. The van der Waals surface area contributed by atoms with E-state index < -0.39 is 12.6 Å². The van der Waals surface area contributed by atoms with E-state index in [-0.39, 0.29) is 12.0 Å². The molecular weight excluding hydrogens is 529 g/mol. The van der Waals surface area contributed by atoms with E-state index in [2.05, 4.69) is 24.2 Å². The van der Waals surface area contributed by atoms with Crippen LogP contribution < -0.4 is 11.1 Å². The average molecular weight is 576 g/mol. The van der Waals surface area contributed by atoms with Gasteiger partial charge in [-0.15, -0.1) is 11.3 Å². The topological polar surface area (TPSA) is 113 Å². The Kier molecular flexibility index (Phi) is 13.0. The quantitative estimate of drug-likeness (QED) is 0.331. The number of rotatable bonds is 7. The molecule has 3 fully saturated rings. The minimum atomic E-state index is -0.930. The second-order valence-corrected chi connectivity index (χ2v) is 12.7. The summed E-state index contributed by atoms with van der Waals surface area (Å²) in [6.07, 6.45) is 14.2. The molecule has 0 radical (unpaired) electrons. The number of anilines is 1.